The van der Waals surface area contributed by atoms with Gasteiger partial charge in [0.15, 0.2) is 0 Å². The number of carboxylic acids is 1. The minimum atomic E-state index is -0.850. The van der Waals surface area contributed by atoms with E-state index < -0.39 is 10.9 Å². The lowest BCUT2D eigenvalue weighted by Crippen LogP contribution is -2.02. The van der Waals surface area contributed by atoms with Crippen molar-refractivity contribution < 1.29 is 14.8 Å². The van der Waals surface area contributed by atoms with Crippen LogP contribution in [0.5, 0.6) is 0 Å². The number of aliphatic carboxylic acids is 1. The van der Waals surface area contributed by atoms with Gasteiger partial charge in [-0.15, -0.1) is 11.8 Å². The summed E-state index contributed by atoms with van der Waals surface area (Å²) >= 11 is 1.38. The van der Waals surface area contributed by atoms with E-state index in [-0.39, 0.29) is 12.1 Å². The van der Waals surface area contributed by atoms with Gasteiger partial charge in [0.1, 0.15) is 11.4 Å². The number of aromatic nitrogens is 2. The first kappa shape index (κ1) is 13.5. The number of thioether (sulfide) groups is 1. The maximum absolute atomic E-state index is 10.7. The predicted molar refractivity (Wildman–Crippen MR) is 63.1 cm³/mol. The molecule has 1 aromatic heterocycles. The van der Waals surface area contributed by atoms with Crippen molar-refractivity contribution in [1.82, 2.24) is 9.78 Å². The first-order chi connectivity index (χ1) is 7.93. The SMILES string of the molecule is Cc1nn(CSCCC(=O)O)c(C)c1[N+](=O)[O-]. The van der Waals surface area contributed by atoms with E-state index in [4.69, 9.17) is 5.11 Å². The van der Waals surface area contributed by atoms with E-state index >= 15 is 0 Å². The Hall–Kier alpha value is -1.57. The van der Waals surface area contributed by atoms with E-state index in [1.807, 2.05) is 0 Å². The topological polar surface area (TPSA) is 98.3 Å². The third-order valence-corrected chi connectivity index (χ3v) is 3.12. The van der Waals surface area contributed by atoms with Gasteiger partial charge in [-0.2, -0.15) is 5.10 Å². The van der Waals surface area contributed by atoms with Crippen molar-refractivity contribution in [3.05, 3.63) is 21.5 Å². The zero-order valence-electron chi connectivity index (χ0n) is 9.54. The highest BCUT2D eigenvalue weighted by atomic mass is 32.2. The summed E-state index contributed by atoms with van der Waals surface area (Å²) in [4.78, 5) is 20.6. The van der Waals surface area contributed by atoms with Crippen LogP contribution >= 0.6 is 11.8 Å². The van der Waals surface area contributed by atoms with Gasteiger partial charge in [0.2, 0.25) is 0 Å². The number of rotatable bonds is 6. The molecule has 1 aromatic rings. The van der Waals surface area contributed by atoms with Crippen LogP contribution in [0, 0.1) is 24.0 Å². The minimum absolute atomic E-state index is 0.0313. The maximum Gasteiger partial charge on any atom is 0.312 e. The zero-order valence-corrected chi connectivity index (χ0v) is 10.4. The summed E-state index contributed by atoms with van der Waals surface area (Å²) in [6, 6.07) is 0. The summed E-state index contributed by atoms with van der Waals surface area (Å²) in [6.45, 7) is 3.22. The fourth-order valence-electron chi connectivity index (χ4n) is 1.39. The predicted octanol–water partition coefficient (Wildman–Crippen LogP) is 1.57. The molecule has 94 valence electrons. The third kappa shape index (κ3) is 3.45. The molecule has 0 unspecified atom stereocenters. The van der Waals surface area contributed by atoms with Crippen LogP contribution in [0.3, 0.4) is 0 Å². The minimum Gasteiger partial charge on any atom is -0.481 e. The van der Waals surface area contributed by atoms with Crippen LogP contribution in [0.25, 0.3) is 0 Å². The highest BCUT2D eigenvalue weighted by Crippen LogP contribution is 2.23. The Morgan fingerprint density at radius 3 is 2.71 bits per heavy atom. The van der Waals surface area contributed by atoms with Gasteiger partial charge in [0.05, 0.1) is 17.2 Å². The van der Waals surface area contributed by atoms with Crippen LogP contribution < -0.4 is 0 Å². The van der Waals surface area contributed by atoms with Crippen molar-refractivity contribution in [2.45, 2.75) is 26.1 Å². The van der Waals surface area contributed by atoms with Crippen LogP contribution in [0.4, 0.5) is 5.69 Å². The van der Waals surface area contributed by atoms with E-state index in [2.05, 4.69) is 5.10 Å². The van der Waals surface area contributed by atoms with Gasteiger partial charge in [0.25, 0.3) is 0 Å². The lowest BCUT2D eigenvalue weighted by atomic mass is 10.3. The molecule has 7 nitrogen and oxygen atoms in total. The van der Waals surface area contributed by atoms with Gasteiger partial charge in [-0.1, -0.05) is 0 Å². The molecular weight excluding hydrogens is 246 g/mol. The molecule has 0 aliphatic rings. The van der Waals surface area contributed by atoms with E-state index in [1.165, 1.54) is 16.4 Å². The molecule has 17 heavy (non-hydrogen) atoms. The number of hydrogen-bond acceptors (Lipinski definition) is 5. The summed E-state index contributed by atoms with van der Waals surface area (Å²) in [5.41, 5.74) is 0.908. The lowest BCUT2D eigenvalue weighted by Gasteiger charge is -2.02. The molecule has 0 atom stereocenters. The van der Waals surface area contributed by atoms with E-state index in [1.54, 1.807) is 13.8 Å². The molecule has 0 bridgehead atoms. The average Bonchev–Trinajstić information content (AvgIpc) is 2.48. The molecule has 1 rings (SSSR count). The van der Waals surface area contributed by atoms with Crippen LogP contribution in [0.1, 0.15) is 17.8 Å². The van der Waals surface area contributed by atoms with Gasteiger partial charge < -0.3 is 5.11 Å². The van der Waals surface area contributed by atoms with Gasteiger partial charge >= 0.3 is 11.7 Å². The fraction of sp³-hybridized carbons (Fsp3) is 0.556. The quantitative estimate of drug-likeness (QED) is 0.473. The van der Waals surface area contributed by atoms with E-state index in [0.29, 0.717) is 23.0 Å². The van der Waals surface area contributed by atoms with Gasteiger partial charge in [-0.05, 0) is 13.8 Å². The second-order valence-electron chi connectivity index (χ2n) is 3.46. The normalized spacial score (nSPS) is 10.5. The Kier molecular flexibility index (Phi) is 4.50. The van der Waals surface area contributed by atoms with Crippen LogP contribution in [0.15, 0.2) is 0 Å². The van der Waals surface area contributed by atoms with Crippen LogP contribution in [0.2, 0.25) is 0 Å². The fourth-order valence-corrected chi connectivity index (χ4v) is 2.26. The number of nitrogens with zero attached hydrogens (tertiary/aromatic N) is 3. The Morgan fingerprint density at radius 2 is 2.24 bits per heavy atom. The summed E-state index contributed by atoms with van der Waals surface area (Å²) in [6.07, 6.45) is 0.0755. The molecule has 0 aliphatic carbocycles. The zero-order chi connectivity index (χ0) is 13.0. The van der Waals surface area contributed by atoms with Gasteiger partial charge in [-0.25, -0.2) is 0 Å². The van der Waals surface area contributed by atoms with Crippen LogP contribution in [-0.4, -0.2) is 31.5 Å². The number of hydrogen-bond donors (Lipinski definition) is 1. The summed E-state index contributed by atoms with van der Waals surface area (Å²) in [7, 11) is 0. The Bertz CT molecular complexity index is 444. The Balaban J connectivity index is 2.63. The van der Waals surface area contributed by atoms with Crippen molar-refractivity contribution in [1.29, 1.82) is 0 Å². The molecule has 0 radical (unpaired) electrons. The number of carbonyl (C=O) groups is 1. The molecule has 0 amide bonds. The maximum atomic E-state index is 10.7. The van der Waals surface area contributed by atoms with E-state index in [0.717, 1.165) is 0 Å². The largest absolute Gasteiger partial charge is 0.481 e. The lowest BCUT2D eigenvalue weighted by molar-refractivity contribution is -0.386. The van der Waals surface area contributed by atoms with E-state index in [9.17, 15) is 14.9 Å². The second-order valence-corrected chi connectivity index (χ2v) is 4.53. The first-order valence-corrected chi connectivity index (χ1v) is 6.07. The monoisotopic (exact) mass is 259 g/mol. The van der Waals surface area contributed by atoms with Crippen molar-refractivity contribution in [2.75, 3.05) is 5.75 Å². The van der Waals surface area contributed by atoms with Crippen molar-refractivity contribution in [2.24, 2.45) is 0 Å². The first-order valence-electron chi connectivity index (χ1n) is 4.91. The number of nitro groups is 1. The highest BCUT2D eigenvalue weighted by molar-refractivity contribution is 7.98. The molecule has 1 heterocycles. The molecule has 0 aromatic carbocycles. The van der Waals surface area contributed by atoms with Crippen molar-refractivity contribution >= 4 is 23.4 Å². The standard InChI is InChI=1S/C9H13N3O4S/c1-6-9(12(15)16)7(2)11(10-6)5-17-4-3-8(13)14/h3-5H2,1-2H3,(H,13,14). The molecule has 0 saturated carbocycles. The van der Waals surface area contributed by atoms with Crippen LogP contribution in [-0.2, 0) is 10.7 Å². The summed E-state index contributed by atoms with van der Waals surface area (Å²) < 4.78 is 1.53. The molecule has 0 saturated heterocycles. The van der Waals surface area contributed by atoms with Gasteiger partial charge in [0, 0.05) is 5.75 Å². The summed E-state index contributed by atoms with van der Waals surface area (Å²) in [5.74, 6) is 0.0341. The van der Waals surface area contributed by atoms with Crippen molar-refractivity contribution in [3.8, 4) is 0 Å². The second kappa shape index (κ2) is 5.67. The number of carboxylic acid groups (broad SMARTS) is 1. The number of aryl methyl sites for hydroxylation is 1. The smallest absolute Gasteiger partial charge is 0.312 e. The molecule has 8 heteroatoms. The van der Waals surface area contributed by atoms with Crippen molar-refractivity contribution in [3.63, 3.8) is 0 Å². The average molecular weight is 259 g/mol. The third-order valence-electron chi connectivity index (χ3n) is 2.20. The highest BCUT2D eigenvalue weighted by Gasteiger charge is 2.21. The molecule has 1 N–H and O–H groups in total. The summed E-state index contributed by atoms with van der Waals surface area (Å²) in [5, 5.41) is 23.3. The van der Waals surface area contributed by atoms with Gasteiger partial charge in [-0.3, -0.25) is 19.6 Å². The molecule has 0 spiro atoms. The molecule has 0 aliphatic heterocycles. The Morgan fingerprint density at radius 1 is 1.59 bits per heavy atom. The molecular formula is C9H13N3O4S. The molecule has 0 fully saturated rings. The Labute approximate surface area is 102 Å².